The molecule has 222 valence electrons. The molecule has 0 aliphatic carbocycles. The van der Waals surface area contributed by atoms with Crippen LogP contribution >= 0.6 is 0 Å². The van der Waals surface area contributed by atoms with Crippen LogP contribution in [0.25, 0.3) is 5.69 Å². The Hall–Kier alpha value is -4.79. The number of carbonyl (C=O) groups excluding carboxylic acids is 2. The van der Waals surface area contributed by atoms with Gasteiger partial charge in [-0.05, 0) is 67.1 Å². The molecule has 3 aromatic carbocycles. The summed E-state index contributed by atoms with van der Waals surface area (Å²) in [5.41, 5.74) is 3.70. The van der Waals surface area contributed by atoms with Crippen LogP contribution in [0.1, 0.15) is 53.7 Å². The highest BCUT2D eigenvalue weighted by Gasteiger charge is 2.40. The van der Waals surface area contributed by atoms with Crippen molar-refractivity contribution in [2.24, 2.45) is 0 Å². The number of amides is 2. The third-order valence-electron chi connectivity index (χ3n) is 8.45. The minimum atomic E-state index is -0.290. The van der Waals surface area contributed by atoms with E-state index in [-0.39, 0.29) is 35.0 Å². The molecule has 1 aromatic heterocycles. The molecule has 9 nitrogen and oxygen atoms in total. The number of rotatable bonds is 3. The molecule has 4 aromatic rings. The van der Waals surface area contributed by atoms with Crippen molar-refractivity contribution >= 4 is 17.5 Å². The molecule has 6 rings (SSSR count). The number of fused-ring (bicyclic) bond motifs is 5. The van der Waals surface area contributed by atoms with Gasteiger partial charge in [0.25, 0.3) is 11.5 Å². The van der Waals surface area contributed by atoms with E-state index < -0.39 is 0 Å². The molecule has 2 atom stereocenters. The van der Waals surface area contributed by atoms with E-state index in [1.54, 1.807) is 14.0 Å². The van der Waals surface area contributed by atoms with Crippen LogP contribution in [-0.4, -0.2) is 59.3 Å². The number of aromatic amines is 1. The number of H-pyrrole nitrogens is 1. The summed E-state index contributed by atoms with van der Waals surface area (Å²) in [5, 5.41) is 3.02. The number of methoxy groups -OCH3 is 1. The summed E-state index contributed by atoms with van der Waals surface area (Å²) in [4.78, 5) is 43.5. The van der Waals surface area contributed by atoms with E-state index in [2.05, 4.69) is 11.2 Å². The fraction of sp³-hybridized carbons (Fsp3) is 0.324. The Labute approximate surface area is 250 Å². The molecule has 2 aliphatic rings. The lowest BCUT2D eigenvalue weighted by atomic mass is 9.87. The molecule has 0 saturated carbocycles. The molecule has 0 radical (unpaired) electrons. The second-order valence-corrected chi connectivity index (χ2v) is 11.1. The van der Waals surface area contributed by atoms with Crippen molar-refractivity contribution < 1.29 is 19.1 Å². The Balaban J connectivity index is 1.34. The molecule has 0 fully saturated rings. The zero-order chi connectivity index (χ0) is 29.9. The number of nitrogens with one attached hydrogen (secondary N) is 1. The Kier molecular flexibility index (Phi) is 8.05. The Morgan fingerprint density at radius 3 is 2.53 bits per heavy atom. The average Bonchev–Trinajstić information content (AvgIpc) is 3.56. The van der Waals surface area contributed by atoms with Gasteiger partial charge >= 0.3 is 0 Å². The highest BCUT2D eigenvalue weighted by Crippen LogP contribution is 2.44. The van der Waals surface area contributed by atoms with Crippen molar-refractivity contribution in [1.82, 2.24) is 14.7 Å². The minimum absolute atomic E-state index is 0.0118. The number of nitrogens with zero attached hydrogens (tertiary/aromatic N) is 3. The number of aromatic nitrogens is 2. The molecule has 0 unspecified atom stereocenters. The van der Waals surface area contributed by atoms with E-state index >= 15 is 0 Å². The second kappa shape index (κ2) is 12.2. The first-order valence-electron chi connectivity index (χ1n) is 14.8. The van der Waals surface area contributed by atoms with Crippen LogP contribution in [0.5, 0.6) is 11.5 Å². The van der Waals surface area contributed by atoms with Crippen LogP contribution < -0.4 is 19.9 Å². The smallest absolute Gasteiger partial charge is 0.271 e. The summed E-state index contributed by atoms with van der Waals surface area (Å²) in [6, 6.07) is 24.5. The van der Waals surface area contributed by atoms with Crippen LogP contribution in [0, 0.1) is 0 Å². The van der Waals surface area contributed by atoms with Gasteiger partial charge in [0.2, 0.25) is 5.91 Å². The van der Waals surface area contributed by atoms with Gasteiger partial charge in [0.15, 0.2) is 11.5 Å². The summed E-state index contributed by atoms with van der Waals surface area (Å²) >= 11 is 0. The third-order valence-corrected chi connectivity index (χ3v) is 8.45. The molecule has 0 spiro atoms. The zero-order valence-corrected chi connectivity index (χ0v) is 24.5. The largest absolute Gasteiger partial charge is 0.493 e. The van der Waals surface area contributed by atoms with E-state index in [9.17, 15) is 14.4 Å². The van der Waals surface area contributed by atoms with Crippen LogP contribution in [0.3, 0.4) is 0 Å². The van der Waals surface area contributed by atoms with E-state index in [1.807, 2.05) is 76.5 Å². The lowest BCUT2D eigenvalue weighted by Crippen LogP contribution is -2.41. The summed E-state index contributed by atoms with van der Waals surface area (Å²) in [5.74, 6) is 1.11. The SMILES string of the molecule is COc1ccc2cc1OCCCCN(C(=O)c1cc(=O)n(-c3ccccc3)[nH]1)CC[C@@H]1c3ccccc3N(C(C)=O)[C@@H]1C2. The monoisotopic (exact) mass is 580 g/mol. The average molecular weight is 581 g/mol. The lowest BCUT2D eigenvalue weighted by Gasteiger charge is -2.30. The predicted molar refractivity (Wildman–Crippen MR) is 164 cm³/mol. The van der Waals surface area contributed by atoms with Gasteiger partial charge in [-0.2, -0.15) is 0 Å². The second-order valence-electron chi connectivity index (χ2n) is 11.1. The number of hydrogen-bond acceptors (Lipinski definition) is 5. The first kappa shape index (κ1) is 28.3. The number of benzene rings is 3. The van der Waals surface area contributed by atoms with Gasteiger partial charge in [-0.1, -0.05) is 42.5 Å². The Morgan fingerprint density at radius 2 is 1.74 bits per heavy atom. The number of carbonyl (C=O) groups is 2. The standard InChI is InChI=1S/C34H36N4O5/c1-23(39)37-29-13-7-6-12-26(29)27-16-18-36(34(41)28-22-33(40)38(35-28)25-10-4-3-5-11-25)17-8-9-19-43-32-21-24(20-30(27)37)14-15-31(32)42-2/h3-7,10-15,21-22,27,30,35H,8-9,16-20H2,1-2H3/t27-,30-/m1/s1. The van der Waals surface area contributed by atoms with E-state index in [0.717, 1.165) is 29.7 Å². The van der Waals surface area contributed by atoms with Crippen molar-refractivity contribution in [3.63, 3.8) is 0 Å². The van der Waals surface area contributed by atoms with Crippen molar-refractivity contribution in [3.05, 3.63) is 106 Å². The fourth-order valence-corrected chi connectivity index (χ4v) is 6.41. The van der Waals surface area contributed by atoms with Gasteiger partial charge in [-0.3, -0.25) is 19.5 Å². The molecule has 9 heteroatoms. The lowest BCUT2D eigenvalue weighted by molar-refractivity contribution is -0.117. The first-order valence-corrected chi connectivity index (χ1v) is 14.8. The van der Waals surface area contributed by atoms with Gasteiger partial charge in [0.05, 0.1) is 19.4 Å². The van der Waals surface area contributed by atoms with Crippen molar-refractivity contribution in [3.8, 4) is 17.2 Å². The number of ether oxygens (including phenoxy) is 2. The minimum Gasteiger partial charge on any atom is -0.493 e. The van der Waals surface area contributed by atoms with Gasteiger partial charge in [0.1, 0.15) is 5.69 Å². The maximum Gasteiger partial charge on any atom is 0.271 e. The molecule has 3 heterocycles. The van der Waals surface area contributed by atoms with Gasteiger partial charge in [-0.25, -0.2) is 4.68 Å². The third kappa shape index (κ3) is 5.67. The highest BCUT2D eigenvalue weighted by molar-refractivity contribution is 5.95. The van der Waals surface area contributed by atoms with E-state index in [1.165, 1.54) is 10.7 Å². The van der Waals surface area contributed by atoms with Crippen molar-refractivity contribution in [1.29, 1.82) is 0 Å². The van der Waals surface area contributed by atoms with Crippen LogP contribution in [0.15, 0.2) is 83.7 Å². The quantitative estimate of drug-likeness (QED) is 0.370. The summed E-state index contributed by atoms with van der Waals surface area (Å²) in [7, 11) is 1.63. The summed E-state index contributed by atoms with van der Waals surface area (Å²) in [6.45, 7) is 3.07. The normalized spacial score (nSPS) is 18.7. The summed E-state index contributed by atoms with van der Waals surface area (Å²) < 4.78 is 13.1. The first-order chi connectivity index (χ1) is 20.9. The predicted octanol–water partition coefficient (Wildman–Crippen LogP) is 4.94. The zero-order valence-electron chi connectivity index (χ0n) is 24.5. The number of anilines is 1. The molecular formula is C34H36N4O5. The van der Waals surface area contributed by atoms with Crippen LogP contribution in [-0.2, 0) is 11.2 Å². The topological polar surface area (TPSA) is 96.9 Å². The summed E-state index contributed by atoms with van der Waals surface area (Å²) in [6.07, 6.45) is 2.76. The Morgan fingerprint density at radius 1 is 0.953 bits per heavy atom. The number of hydrogen-bond donors (Lipinski definition) is 1. The number of para-hydroxylation sites is 2. The maximum absolute atomic E-state index is 13.9. The van der Waals surface area contributed by atoms with Crippen molar-refractivity contribution in [2.75, 3.05) is 31.7 Å². The fourth-order valence-electron chi connectivity index (χ4n) is 6.41. The van der Waals surface area contributed by atoms with Gasteiger partial charge in [-0.15, -0.1) is 0 Å². The molecule has 2 amide bonds. The molecule has 0 saturated heterocycles. The van der Waals surface area contributed by atoms with E-state index in [4.69, 9.17) is 9.47 Å². The van der Waals surface area contributed by atoms with E-state index in [0.29, 0.717) is 49.7 Å². The van der Waals surface area contributed by atoms with Gasteiger partial charge < -0.3 is 19.3 Å². The van der Waals surface area contributed by atoms with Crippen LogP contribution in [0.4, 0.5) is 5.69 Å². The molecule has 2 bridgehead atoms. The molecular weight excluding hydrogens is 544 g/mol. The van der Waals surface area contributed by atoms with Crippen molar-refractivity contribution in [2.45, 2.75) is 44.6 Å². The molecule has 43 heavy (non-hydrogen) atoms. The van der Waals surface area contributed by atoms with Gasteiger partial charge in [0, 0.05) is 43.7 Å². The molecule has 1 N–H and O–H groups in total. The molecule has 2 aliphatic heterocycles. The maximum atomic E-state index is 13.9. The Bertz CT molecular complexity index is 1680. The highest BCUT2D eigenvalue weighted by atomic mass is 16.5. The van der Waals surface area contributed by atoms with Crippen LogP contribution in [0.2, 0.25) is 0 Å².